The summed E-state index contributed by atoms with van der Waals surface area (Å²) in [6.07, 6.45) is 7.92. The summed E-state index contributed by atoms with van der Waals surface area (Å²) in [6, 6.07) is 0. The van der Waals surface area contributed by atoms with E-state index >= 15 is 0 Å². The lowest BCUT2D eigenvalue weighted by Crippen LogP contribution is -2.53. The molecule has 3 rings (SSSR count). The highest BCUT2D eigenvalue weighted by Crippen LogP contribution is 2.21. The molecule has 3 fully saturated rings. The number of nitrogens with zero attached hydrogens (tertiary/aromatic N) is 3. The summed E-state index contributed by atoms with van der Waals surface area (Å²) < 4.78 is 11.8. The van der Waals surface area contributed by atoms with Crippen molar-refractivity contribution in [2.24, 2.45) is 10.9 Å². The third-order valence-corrected chi connectivity index (χ3v) is 5.99. The van der Waals surface area contributed by atoms with Crippen molar-refractivity contribution in [1.29, 1.82) is 0 Å². The second kappa shape index (κ2) is 11.2. The van der Waals surface area contributed by atoms with Crippen LogP contribution in [0, 0.1) is 5.92 Å². The van der Waals surface area contributed by atoms with Crippen molar-refractivity contribution >= 4 is 5.96 Å². The smallest absolute Gasteiger partial charge is 0.194 e. The summed E-state index contributed by atoms with van der Waals surface area (Å²) in [6.45, 7) is 13.6. The second-order valence-corrected chi connectivity index (χ2v) is 8.40. The number of guanidine groups is 1. The zero-order chi connectivity index (χ0) is 18.9. The van der Waals surface area contributed by atoms with Crippen LogP contribution >= 0.6 is 0 Å². The molecule has 6 heteroatoms. The number of likely N-dealkylation sites (tertiary alicyclic amines) is 1. The molecule has 3 unspecified atom stereocenters. The largest absolute Gasteiger partial charge is 0.375 e. The first kappa shape index (κ1) is 20.9. The van der Waals surface area contributed by atoms with Crippen LogP contribution in [0.1, 0.15) is 52.4 Å². The normalized spacial score (nSPS) is 30.7. The van der Waals surface area contributed by atoms with Crippen LogP contribution in [0.25, 0.3) is 0 Å². The lowest BCUT2D eigenvalue weighted by molar-refractivity contribution is -0.0817. The first-order chi connectivity index (χ1) is 13.3. The van der Waals surface area contributed by atoms with E-state index in [1.807, 2.05) is 0 Å². The summed E-state index contributed by atoms with van der Waals surface area (Å²) >= 11 is 0. The van der Waals surface area contributed by atoms with E-state index in [1.54, 1.807) is 0 Å². The Labute approximate surface area is 165 Å². The molecule has 0 aromatic carbocycles. The molecule has 156 valence electrons. The minimum atomic E-state index is 0.186. The van der Waals surface area contributed by atoms with E-state index < -0.39 is 0 Å². The average molecular weight is 381 g/mol. The van der Waals surface area contributed by atoms with Gasteiger partial charge in [-0.25, -0.2) is 0 Å². The number of unbranched alkanes of at least 4 members (excludes halogenated alkanes) is 1. The number of rotatable bonds is 7. The maximum Gasteiger partial charge on any atom is 0.194 e. The van der Waals surface area contributed by atoms with Crippen molar-refractivity contribution in [3.05, 3.63) is 0 Å². The molecule has 0 spiro atoms. The fourth-order valence-corrected chi connectivity index (χ4v) is 4.54. The lowest BCUT2D eigenvalue weighted by Gasteiger charge is -2.37. The number of ether oxygens (including phenoxy) is 2. The summed E-state index contributed by atoms with van der Waals surface area (Å²) in [5, 5.41) is 3.48. The molecule has 3 saturated heterocycles. The number of nitrogens with one attached hydrogen (secondary N) is 1. The molecule has 3 atom stereocenters. The third kappa shape index (κ3) is 6.61. The quantitative estimate of drug-likeness (QED) is 0.417. The molecule has 27 heavy (non-hydrogen) atoms. The highest BCUT2D eigenvalue weighted by atomic mass is 16.5. The van der Waals surface area contributed by atoms with Crippen molar-refractivity contribution < 1.29 is 9.47 Å². The Kier molecular flexibility index (Phi) is 8.68. The highest BCUT2D eigenvalue weighted by molar-refractivity contribution is 5.80. The van der Waals surface area contributed by atoms with Gasteiger partial charge in [-0.2, -0.15) is 0 Å². The number of hydrogen-bond donors (Lipinski definition) is 1. The van der Waals surface area contributed by atoms with Crippen molar-refractivity contribution in [2.75, 3.05) is 59.0 Å². The Morgan fingerprint density at radius 2 is 1.93 bits per heavy atom. The molecule has 0 bridgehead atoms. The summed E-state index contributed by atoms with van der Waals surface area (Å²) in [7, 11) is 0. The molecule has 0 aromatic heterocycles. The molecule has 6 nitrogen and oxygen atoms in total. The average Bonchev–Trinajstić information content (AvgIpc) is 3.22. The Bertz CT molecular complexity index is 453. The van der Waals surface area contributed by atoms with Gasteiger partial charge in [0.2, 0.25) is 0 Å². The summed E-state index contributed by atoms with van der Waals surface area (Å²) in [4.78, 5) is 9.92. The monoisotopic (exact) mass is 380 g/mol. The van der Waals surface area contributed by atoms with E-state index in [2.05, 4.69) is 29.0 Å². The standard InChI is InChI=1S/C21H40N4O2/c1-3-22-21(23-10-4-5-11-24-12-6-8-18(2)16-24)25-13-15-27-20(17-25)19-9-7-14-26-19/h18-20H,3-17H2,1-2H3,(H,22,23). The van der Waals surface area contributed by atoms with Crippen LogP contribution in [-0.2, 0) is 9.47 Å². The second-order valence-electron chi connectivity index (χ2n) is 8.40. The number of hydrogen-bond acceptors (Lipinski definition) is 4. The van der Waals surface area contributed by atoms with Crippen LogP contribution in [0.4, 0.5) is 0 Å². The zero-order valence-electron chi connectivity index (χ0n) is 17.5. The number of piperidine rings is 1. The van der Waals surface area contributed by atoms with Gasteiger partial charge < -0.3 is 24.6 Å². The van der Waals surface area contributed by atoms with Crippen LogP contribution in [0.3, 0.4) is 0 Å². The van der Waals surface area contributed by atoms with E-state index in [-0.39, 0.29) is 12.2 Å². The van der Waals surface area contributed by atoms with Gasteiger partial charge in [-0.15, -0.1) is 0 Å². The molecule has 0 aliphatic carbocycles. The zero-order valence-corrected chi connectivity index (χ0v) is 17.5. The SMILES string of the molecule is CCNC(=NCCCCN1CCCC(C)C1)N1CCOC(C2CCCO2)C1. The predicted octanol–water partition coefficient (Wildman–Crippen LogP) is 2.34. The van der Waals surface area contributed by atoms with E-state index in [0.717, 1.165) is 64.1 Å². The van der Waals surface area contributed by atoms with Crippen molar-refractivity contribution in [3.8, 4) is 0 Å². The Morgan fingerprint density at radius 1 is 1.04 bits per heavy atom. The Hall–Kier alpha value is -0.850. The molecule has 3 heterocycles. The topological polar surface area (TPSA) is 49.3 Å². The van der Waals surface area contributed by atoms with Crippen molar-refractivity contribution in [2.45, 2.75) is 64.6 Å². The maximum atomic E-state index is 5.98. The van der Waals surface area contributed by atoms with Gasteiger partial charge in [-0.1, -0.05) is 6.92 Å². The maximum absolute atomic E-state index is 5.98. The summed E-state index contributed by atoms with van der Waals surface area (Å²) in [5.74, 6) is 1.92. The minimum Gasteiger partial charge on any atom is -0.375 e. The molecule has 1 N–H and O–H groups in total. The van der Waals surface area contributed by atoms with Crippen LogP contribution < -0.4 is 5.32 Å². The van der Waals surface area contributed by atoms with Gasteiger partial charge in [0.25, 0.3) is 0 Å². The van der Waals surface area contributed by atoms with Gasteiger partial charge in [-0.3, -0.25) is 4.99 Å². The Morgan fingerprint density at radius 3 is 2.70 bits per heavy atom. The molecule has 3 aliphatic heterocycles. The minimum absolute atomic E-state index is 0.186. The highest BCUT2D eigenvalue weighted by Gasteiger charge is 2.32. The third-order valence-electron chi connectivity index (χ3n) is 5.99. The van der Waals surface area contributed by atoms with E-state index in [1.165, 1.54) is 45.3 Å². The van der Waals surface area contributed by atoms with Gasteiger partial charge >= 0.3 is 0 Å². The lowest BCUT2D eigenvalue weighted by atomic mass is 10.0. The van der Waals surface area contributed by atoms with Crippen LogP contribution in [0.2, 0.25) is 0 Å². The van der Waals surface area contributed by atoms with Crippen molar-refractivity contribution in [1.82, 2.24) is 15.1 Å². The van der Waals surface area contributed by atoms with E-state index in [9.17, 15) is 0 Å². The van der Waals surface area contributed by atoms with E-state index in [4.69, 9.17) is 14.5 Å². The van der Waals surface area contributed by atoms with Crippen LogP contribution in [0.5, 0.6) is 0 Å². The molecule has 0 radical (unpaired) electrons. The van der Waals surface area contributed by atoms with Gasteiger partial charge in [-0.05, 0) is 64.5 Å². The van der Waals surface area contributed by atoms with Gasteiger partial charge in [0.1, 0.15) is 6.10 Å². The molecule has 0 amide bonds. The fraction of sp³-hybridized carbons (Fsp3) is 0.952. The fourth-order valence-electron chi connectivity index (χ4n) is 4.54. The molecule has 3 aliphatic rings. The Balaban J connectivity index is 1.41. The van der Waals surface area contributed by atoms with Crippen molar-refractivity contribution in [3.63, 3.8) is 0 Å². The predicted molar refractivity (Wildman–Crippen MR) is 110 cm³/mol. The number of morpholine rings is 1. The first-order valence-electron chi connectivity index (χ1n) is 11.2. The molecular weight excluding hydrogens is 340 g/mol. The van der Waals surface area contributed by atoms with Crippen LogP contribution in [-0.4, -0.2) is 87.0 Å². The van der Waals surface area contributed by atoms with Gasteiger partial charge in [0.05, 0.1) is 12.7 Å². The molecular formula is C21H40N4O2. The van der Waals surface area contributed by atoms with Gasteiger partial charge in [0, 0.05) is 39.3 Å². The van der Waals surface area contributed by atoms with E-state index in [0.29, 0.717) is 0 Å². The van der Waals surface area contributed by atoms with Gasteiger partial charge in [0.15, 0.2) is 5.96 Å². The van der Waals surface area contributed by atoms with Crippen LogP contribution in [0.15, 0.2) is 4.99 Å². The molecule has 0 aromatic rings. The first-order valence-corrected chi connectivity index (χ1v) is 11.2. The molecule has 0 saturated carbocycles. The summed E-state index contributed by atoms with van der Waals surface area (Å²) in [5.41, 5.74) is 0. The number of aliphatic imine (C=N–C) groups is 1.